The molecular formula is C19H18N4O2. The Morgan fingerprint density at radius 3 is 2.68 bits per heavy atom. The Kier molecular flexibility index (Phi) is 4.75. The molecule has 6 heteroatoms. The van der Waals surface area contributed by atoms with Crippen molar-refractivity contribution in [2.24, 2.45) is 0 Å². The van der Waals surface area contributed by atoms with Crippen molar-refractivity contribution in [3.63, 3.8) is 0 Å². The molecule has 1 aromatic heterocycles. The van der Waals surface area contributed by atoms with E-state index in [0.717, 1.165) is 12.0 Å². The van der Waals surface area contributed by atoms with E-state index in [2.05, 4.69) is 10.3 Å². The highest BCUT2D eigenvalue weighted by atomic mass is 16.2. The molecule has 1 saturated heterocycles. The molecule has 0 radical (unpaired) electrons. The Hall–Kier alpha value is -3.20. The molecule has 0 spiro atoms. The Morgan fingerprint density at radius 2 is 2.00 bits per heavy atom. The summed E-state index contributed by atoms with van der Waals surface area (Å²) in [4.78, 5) is 29.7. The predicted octanol–water partition coefficient (Wildman–Crippen LogP) is 1.97. The number of benzene rings is 1. The highest BCUT2D eigenvalue weighted by molar-refractivity contribution is 5.95. The van der Waals surface area contributed by atoms with E-state index < -0.39 is 0 Å². The van der Waals surface area contributed by atoms with E-state index in [4.69, 9.17) is 5.26 Å². The zero-order chi connectivity index (χ0) is 17.8. The minimum absolute atomic E-state index is 0.0265. The van der Waals surface area contributed by atoms with Crippen molar-refractivity contribution < 1.29 is 9.59 Å². The van der Waals surface area contributed by atoms with E-state index in [-0.39, 0.29) is 17.9 Å². The highest BCUT2D eigenvalue weighted by Crippen LogP contribution is 2.20. The summed E-state index contributed by atoms with van der Waals surface area (Å²) < 4.78 is 0. The Labute approximate surface area is 146 Å². The van der Waals surface area contributed by atoms with Crippen molar-refractivity contribution in [1.82, 2.24) is 15.2 Å². The molecule has 1 atom stereocenters. The number of nitriles is 1. The molecule has 1 N–H and O–H groups in total. The zero-order valence-corrected chi connectivity index (χ0v) is 13.9. The van der Waals surface area contributed by atoms with Crippen LogP contribution in [0.3, 0.4) is 0 Å². The summed E-state index contributed by atoms with van der Waals surface area (Å²) in [5.41, 5.74) is 2.51. The van der Waals surface area contributed by atoms with E-state index in [9.17, 15) is 9.59 Å². The summed E-state index contributed by atoms with van der Waals surface area (Å²) in [6, 6.07) is 14.5. The monoisotopic (exact) mass is 334 g/mol. The summed E-state index contributed by atoms with van der Waals surface area (Å²) >= 11 is 0. The van der Waals surface area contributed by atoms with Crippen molar-refractivity contribution in [3.05, 3.63) is 53.7 Å². The van der Waals surface area contributed by atoms with Crippen LogP contribution in [0.25, 0.3) is 11.3 Å². The molecule has 1 aromatic carbocycles. The van der Waals surface area contributed by atoms with Gasteiger partial charge < -0.3 is 10.2 Å². The maximum atomic E-state index is 12.6. The Morgan fingerprint density at radius 1 is 1.24 bits per heavy atom. The number of hydrogen-bond donors (Lipinski definition) is 1. The van der Waals surface area contributed by atoms with Crippen LogP contribution in [0.15, 0.2) is 42.5 Å². The van der Waals surface area contributed by atoms with Crippen LogP contribution in [0.1, 0.15) is 29.4 Å². The molecule has 0 bridgehead atoms. The van der Waals surface area contributed by atoms with Gasteiger partial charge in [0.05, 0.1) is 5.69 Å². The first-order valence-electron chi connectivity index (χ1n) is 8.11. The second-order valence-electron chi connectivity index (χ2n) is 6.03. The number of aromatic nitrogens is 1. The van der Waals surface area contributed by atoms with Crippen molar-refractivity contribution >= 4 is 11.8 Å². The number of rotatable bonds is 3. The van der Waals surface area contributed by atoms with Gasteiger partial charge in [-0.1, -0.05) is 18.2 Å². The van der Waals surface area contributed by atoms with E-state index in [1.807, 2.05) is 24.3 Å². The molecule has 1 fully saturated rings. The molecule has 0 saturated carbocycles. The van der Waals surface area contributed by atoms with Gasteiger partial charge in [-0.25, -0.2) is 4.98 Å². The van der Waals surface area contributed by atoms with Gasteiger partial charge in [-0.2, -0.15) is 5.26 Å². The number of nitrogens with one attached hydrogen (secondary N) is 1. The van der Waals surface area contributed by atoms with Crippen molar-refractivity contribution in [2.75, 3.05) is 13.1 Å². The molecule has 0 aliphatic carbocycles. The summed E-state index contributed by atoms with van der Waals surface area (Å²) in [6.45, 7) is 2.65. The predicted molar refractivity (Wildman–Crippen MR) is 92.5 cm³/mol. The minimum Gasteiger partial charge on any atom is -0.352 e. The van der Waals surface area contributed by atoms with Crippen molar-refractivity contribution in [1.29, 1.82) is 5.26 Å². The Bertz CT molecular complexity index is 839. The molecule has 126 valence electrons. The quantitative estimate of drug-likeness (QED) is 0.930. The molecule has 0 unspecified atom stereocenters. The lowest BCUT2D eigenvalue weighted by Crippen LogP contribution is -2.37. The van der Waals surface area contributed by atoms with Gasteiger partial charge in [0.15, 0.2) is 0 Å². The van der Waals surface area contributed by atoms with Crippen LogP contribution in [0, 0.1) is 11.3 Å². The van der Waals surface area contributed by atoms with Gasteiger partial charge in [-0.3, -0.25) is 9.59 Å². The lowest BCUT2D eigenvalue weighted by Gasteiger charge is -2.17. The van der Waals surface area contributed by atoms with Gasteiger partial charge in [0, 0.05) is 37.2 Å². The van der Waals surface area contributed by atoms with E-state index in [1.165, 1.54) is 6.92 Å². The lowest BCUT2D eigenvalue weighted by molar-refractivity contribution is -0.119. The first-order chi connectivity index (χ1) is 12.1. The second kappa shape index (κ2) is 7.14. The van der Waals surface area contributed by atoms with Crippen LogP contribution in [-0.4, -0.2) is 40.8 Å². The fourth-order valence-corrected chi connectivity index (χ4v) is 2.97. The fourth-order valence-electron chi connectivity index (χ4n) is 2.97. The third-order valence-electron chi connectivity index (χ3n) is 4.17. The van der Waals surface area contributed by atoms with Gasteiger partial charge in [0.1, 0.15) is 11.8 Å². The zero-order valence-electron chi connectivity index (χ0n) is 13.9. The van der Waals surface area contributed by atoms with Gasteiger partial charge in [-0.05, 0) is 30.7 Å². The van der Waals surface area contributed by atoms with Crippen LogP contribution < -0.4 is 5.32 Å². The molecule has 3 rings (SSSR count). The first kappa shape index (κ1) is 16.7. The maximum Gasteiger partial charge on any atom is 0.253 e. The average Bonchev–Trinajstić information content (AvgIpc) is 3.09. The number of amides is 2. The van der Waals surface area contributed by atoms with E-state index >= 15 is 0 Å². The largest absolute Gasteiger partial charge is 0.352 e. The molecule has 2 amide bonds. The summed E-state index contributed by atoms with van der Waals surface area (Å²) in [7, 11) is 0. The third kappa shape index (κ3) is 3.83. The third-order valence-corrected chi connectivity index (χ3v) is 4.17. The second-order valence-corrected chi connectivity index (χ2v) is 6.03. The number of likely N-dealkylation sites (tertiary alicyclic amines) is 1. The number of carbonyl (C=O) groups excluding carboxylic acids is 2. The average molecular weight is 334 g/mol. The molecule has 1 aliphatic heterocycles. The number of carbonyl (C=O) groups is 2. The van der Waals surface area contributed by atoms with Crippen LogP contribution in [0.2, 0.25) is 0 Å². The molecule has 1 aliphatic rings. The van der Waals surface area contributed by atoms with Gasteiger partial charge in [0.25, 0.3) is 5.91 Å². The smallest absolute Gasteiger partial charge is 0.253 e. The lowest BCUT2D eigenvalue weighted by atomic mass is 10.1. The maximum absolute atomic E-state index is 12.6. The van der Waals surface area contributed by atoms with E-state index in [1.54, 1.807) is 29.2 Å². The summed E-state index contributed by atoms with van der Waals surface area (Å²) in [5, 5.41) is 11.8. The van der Waals surface area contributed by atoms with Crippen LogP contribution >= 0.6 is 0 Å². The van der Waals surface area contributed by atoms with Crippen molar-refractivity contribution in [2.45, 2.75) is 19.4 Å². The topological polar surface area (TPSA) is 86.1 Å². The first-order valence-corrected chi connectivity index (χ1v) is 8.11. The standard InChI is InChI=1S/C19H18N4O2/c1-13(24)21-17-9-10-23(12-17)19(25)15-7-5-14(6-8-15)18-4-2-3-16(11-20)22-18/h2-8,17H,9-10,12H2,1H3,(H,21,24)/t17-/m0/s1. The summed E-state index contributed by atoms with van der Waals surface area (Å²) in [5.74, 6) is -0.117. The SMILES string of the molecule is CC(=O)N[C@H]1CCN(C(=O)c2ccc(-c3cccc(C#N)n3)cc2)C1. The van der Waals surface area contributed by atoms with Crippen molar-refractivity contribution in [3.8, 4) is 17.3 Å². The highest BCUT2D eigenvalue weighted by Gasteiger charge is 2.27. The number of hydrogen-bond acceptors (Lipinski definition) is 4. The van der Waals surface area contributed by atoms with E-state index in [0.29, 0.717) is 30.0 Å². The van der Waals surface area contributed by atoms with Crippen LogP contribution in [0.5, 0.6) is 0 Å². The fraction of sp³-hybridized carbons (Fsp3) is 0.263. The Balaban J connectivity index is 1.71. The normalized spacial score (nSPS) is 16.3. The van der Waals surface area contributed by atoms with Gasteiger partial charge in [0.2, 0.25) is 5.91 Å². The molecule has 6 nitrogen and oxygen atoms in total. The molecular weight excluding hydrogens is 316 g/mol. The van der Waals surface area contributed by atoms with Gasteiger partial charge >= 0.3 is 0 Å². The van der Waals surface area contributed by atoms with Gasteiger partial charge in [-0.15, -0.1) is 0 Å². The number of nitrogens with zero attached hydrogens (tertiary/aromatic N) is 3. The molecule has 2 aromatic rings. The van der Waals surface area contributed by atoms with Crippen LogP contribution in [0.4, 0.5) is 0 Å². The summed E-state index contributed by atoms with van der Waals surface area (Å²) in [6.07, 6.45) is 0.772. The number of pyridine rings is 1. The molecule has 25 heavy (non-hydrogen) atoms. The van der Waals surface area contributed by atoms with Crippen LogP contribution in [-0.2, 0) is 4.79 Å². The minimum atomic E-state index is -0.0734. The molecule has 2 heterocycles.